The van der Waals surface area contributed by atoms with Gasteiger partial charge in [0.05, 0.1) is 0 Å². The highest BCUT2D eigenvalue weighted by Gasteiger charge is 2.23. The minimum Gasteiger partial charge on any atom is -0.444 e. The average Bonchev–Trinajstić information content (AvgIpc) is 2.38. The molecule has 1 N–H and O–H groups in total. The summed E-state index contributed by atoms with van der Waals surface area (Å²) in [5.41, 5.74) is 0.515. The molecule has 0 spiro atoms. The number of carbonyl (C=O) groups excluding carboxylic acids is 1. The van der Waals surface area contributed by atoms with E-state index >= 15 is 0 Å². The molecule has 0 saturated carbocycles. The molecule has 1 amide bonds. The minimum absolute atomic E-state index is 0.0717. The van der Waals surface area contributed by atoms with E-state index < -0.39 is 5.60 Å². The van der Waals surface area contributed by atoms with Gasteiger partial charge >= 0.3 is 6.09 Å². The van der Waals surface area contributed by atoms with E-state index in [1.54, 1.807) is 17.0 Å². The lowest BCUT2D eigenvalue weighted by atomic mass is 10.2. The molecule has 0 unspecified atom stereocenters. The Balaban J connectivity index is 2.41. The highest BCUT2D eigenvalue weighted by molar-refractivity contribution is 5.68. The van der Waals surface area contributed by atoms with Crippen molar-refractivity contribution < 1.29 is 13.9 Å². The predicted octanol–water partition coefficient (Wildman–Crippen LogP) is 3.56. The number of carbonyl (C=O) groups is 1. The first-order valence-corrected chi connectivity index (χ1v) is 7.64. The number of nitrogens with zero attached hydrogens (tertiary/aromatic N) is 1. The first kappa shape index (κ1) is 18.4. The van der Waals surface area contributed by atoms with Crippen LogP contribution in [0.15, 0.2) is 24.3 Å². The highest BCUT2D eigenvalue weighted by Crippen LogP contribution is 2.11. The summed E-state index contributed by atoms with van der Waals surface area (Å²) in [6.45, 7) is 11.3. The second kappa shape index (κ2) is 8.13. The summed E-state index contributed by atoms with van der Waals surface area (Å²) in [7, 11) is 0. The molecule has 0 aliphatic heterocycles. The van der Waals surface area contributed by atoms with Crippen LogP contribution in [0, 0.1) is 5.82 Å². The standard InChI is InChI=1S/C17H27FN2O2/c1-13(2)20(16(21)22-17(3,4)5)11-10-19-12-14-6-8-15(18)9-7-14/h6-9,13,19H,10-12H2,1-5H3. The summed E-state index contributed by atoms with van der Waals surface area (Å²) in [5.74, 6) is -0.236. The third kappa shape index (κ3) is 6.89. The Morgan fingerprint density at radius 1 is 1.27 bits per heavy atom. The van der Waals surface area contributed by atoms with Crippen LogP contribution in [0.4, 0.5) is 9.18 Å². The first-order valence-electron chi connectivity index (χ1n) is 7.64. The molecule has 0 fully saturated rings. The van der Waals surface area contributed by atoms with Gasteiger partial charge in [0.2, 0.25) is 0 Å². The monoisotopic (exact) mass is 310 g/mol. The Morgan fingerprint density at radius 3 is 2.36 bits per heavy atom. The normalized spacial score (nSPS) is 11.6. The summed E-state index contributed by atoms with van der Waals surface area (Å²) < 4.78 is 18.2. The average molecular weight is 310 g/mol. The maximum atomic E-state index is 12.8. The van der Waals surface area contributed by atoms with Crippen LogP contribution < -0.4 is 5.32 Å². The van der Waals surface area contributed by atoms with Crippen LogP contribution >= 0.6 is 0 Å². The van der Waals surface area contributed by atoms with Gasteiger partial charge in [0.1, 0.15) is 11.4 Å². The van der Waals surface area contributed by atoms with Crippen LogP contribution in [0.3, 0.4) is 0 Å². The molecule has 0 radical (unpaired) electrons. The number of rotatable bonds is 6. The molecule has 1 aromatic carbocycles. The third-order valence-electron chi connectivity index (χ3n) is 3.02. The lowest BCUT2D eigenvalue weighted by Crippen LogP contribution is -2.44. The van der Waals surface area contributed by atoms with E-state index in [0.717, 1.165) is 5.56 Å². The van der Waals surface area contributed by atoms with Crippen LogP contribution in [-0.4, -0.2) is 35.7 Å². The molecule has 22 heavy (non-hydrogen) atoms. The van der Waals surface area contributed by atoms with Crippen LogP contribution in [0.1, 0.15) is 40.2 Å². The van der Waals surface area contributed by atoms with E-state index in [4.69, 9.17) is 4.74 Å². The molecule has 5 heteroatoms. The van der Waals surface area contributed by atoms with Gasteiger partial charge in [-0.25, -0.2) is 9.18 Å². The van der Waals surface area contributed by atoms with Gasteiger partial charge in [-0.2, -0.15) is 0 Å². The Morgan fingerprint density at radius 2 is 1.86 bits per heavy atom. The maximum absolute atomic E-state index is 12.8. The van der Waals surface area contributed by atoms with E-state index in [9.17, 15) is 9.18 Å². The SMILES string of the molecule is CC(C)N(CCNCc1ccc(F)cc1)C(=O)OC(C)(C)C. The molecule has 124 valence electrons. The van der Waals surface area contributed by atoms with Crippen LogP contribution in [0.5, 0.6) is 0 Å². The minimum atomic E-state index is -0.494. The zero-order valence-corrected chi connectivity index (χ0v) is 14.1. The Labute approximate surface area is 132 Å². The van der Waals surface area contributed by atoms with E-state index in [1.807, 2.05) is 34.6 Å². The van der Waals surface area contributed by atoms with Gasteiger partial charge in [0.15, 0.2) is 0 Å². The lowest BCUT2D eigenvalue weighted by molar-refractivity contribution is 0.0193. The fraction of sp³-hybridized carbons (Fsp3) is 0.588. The number of nitrogens with one attached hydrogen (secondary N) is 1. The zero-order chi connectivity index (χ0) is 16.8. The van der Waals surface area contributed by atoms with Crippen molar-refractivity contribution >= 4 is 6.09 Å². The predicted molar refractivity (Wildman–Crippen MR) is 86.2 cm³/mol. The largest absolute Gasteiger partial charge is 0.444 e. The van der Waals surface area contributed by atoms with Crippen molar-refractivity contribution in [3.05, 3.63) is 35.6 Å². The summed E-state index contributed by atoms with van der Waals surface area (Å²) in [6.07, 6.45) is -0.300. The quantitative estimate of drug-likeness (QED) is 0.817. The van der Waals surface area contributed by atoms with Gasteiger partial charge in [-0.1, -0.05) is 12.1 Å². The van der Waals surface area contributed by atoms with Gasteiger partial charge in [0.25, 0.3) is 0 Å². The maximum Gasteiger partial charge on any atom is 0.410 e. The molecule has 0 aromatic heterocycles. The van der Waals surface area contributed by atoms with Crippen molar-refractivity contribution in [2.75, 3.05) is 13.1 Å². The van der Waals surface area contributed by atoms with Gasteiger partial charge < -0.3 is 15.0 Å². The lowest BCUT2D eigenvalue weighted by Gasteiger charge is -2.30. The summed E-state index contributed by atoms with van der Waals surface area (Å²) in [6, 6.07) is 6.45. The molecule has 1 aromatic rings. The van der Waals surface area contributed by atoms with Gasteiger partial charge in [-0.3, -0.25) is 0 Å². The molecular weight excluding hydrogens is 283 g/mol. The fourth-order valence-corrected chi connectivity index (χ4v) is 1.92. The number of hydrogen-bond donors (Lipinski definition) is 1. The first-order chi connectivity index (χ1) is 10.2. The molecule has 0 aliphatic rings. The van der Waals surface area contributed by atoms with Crippen LogP contribution in [0.2, 0.25) is 0 Å². The summed E-state index contributed by atoms with van der Waals surface area (Å²) >= 11 is 0. The smallest absolute Gasteiger partial charge is 0.410 e. The molecule has 4 nitrogen and oxygen atoms in total. The van der Waals surface area contributed by atoms with Crippen molar-refractivity contribution in [1.82, 2.24) is 10.2 Å². The van der Waals surface area contributed by atoms with Crippen molar-refractivity contribution in [2.45, 2.75) is 52.8 Å². The number of amides is 1. The molecule has 0 saturated heterocycles. The second-order valence-electron chi connectivity index (χ2n) is 6.57. The zero-order valence-electron chi connectivity index (χ0n) is 14.1. The van der Waals surface area contributed by atoms with Crippen molar-refractivity contribution in [2.24, 2.45) is 0 Å². The molecule has 0 aliphatic carbocycles. The molecule has 0 atom stereocenters. The van der Waals surface area contributed by atoms with E-state index in [2.05, 4.69) is 5.32 Å². The third-order valence-corrected chi connectivity index (χ3v) is 3.02. The van der Waals surface area contributed by atoms with Gasteiger partial charge in [0, 0.05) is 25.7 Å². The number of halogens is 1. The second-order valence-corrected chi connectivity index (χ2v) is 6.57. The summed E-state index contributed by atoms with van der Waals surface area (Å²) in [4.78, 5) is 13.8. The molecule has 0 heterocycles. The number of ether oxygens (including phenoxy) is 1. The van der Waals surface area contributed by atoms with Gasteiger partial charge in [-0.05, 0) is 52.3 Å². The molecular formula is C17H27FN2O2. The summed E-state index contributed by atoms with van der Waals surface area (Å²) in [5, 5.41) is 3.25. The van der Waals surface area contributed by atoms with E-state index in [0.29, 0.717) is 19.6 Å². The Hall–Kier alpha value is -1.62. The van der Waals surface area contributed by atoms with Crippen molar-refractivity contribution in [1.29, 1.82) is 0 Å². The fourth-order valence-electron chi connectivity index (χ4n) is 1.92. The van der Waals surface area contributed by atoms with Crippen LogP contribution in [0.25, 0.3) is 0 Å². The Kier molecular flexibility index (Phi) is 6.81. The van der Waals surface area contributed by atoms with Crippen molar-refractivity contribution in [3.8, 4) is 0 Å². The van der Waals surface area contributed by atoms with Crippen LogP contribution in [-0.2, 0) is 11.3 Å². The van der Waals surface area contributed by atoms with Crippen molar-refractivity contribution in [3.63, 3.8) is 0 Å². The van der Waals surface area contributed by atoms with E-state index in [-0.39, 0.29) is 18.0 Å². The van der Waals surface area contributed by atoms with E-state index in [1.165, 1.54) is 12.1 Å². The topological polar surface area (TPSA) is 41.6 Å². The highest BCUT2D eigenvalue weighted by atomic mass is 19.1. The Bertz CT molecular complexity index is 467. The number of benzene rings is 1. The molecule has 0 bridgehead atoms. The molecule has 1 rings (SSSR count). The number of hydrogen-bond acceptors (Lipinski definition) is 3. The van der Waals surface area contributed by atoms with Gasteiger partial charge in [-0.15, -0.1) is 0 Å².